The van der Waals surface area contributed by atoms with Crippen molar-refractivity contribution in [1.29, 1.82) is 0 Å². The van der Waals surface area contributed by atoms with Gasteiger partial charge in [0.2, 0.25) is 17.1 Å². The van der Waals surface area contributed by atoms with Gasteiger partial charge in [0.15, 0.2) is 0 Å². The van der Waals surface area contributed by atoms with Crippen LogP contribution in [-0.2, 0) is 6.54 Å². The smallest absolute Gasteiger partial charge is 0.248 e. The van der Waals surface area contributed by atoms with Crippen molar-refractivity contribution in [3.63, 3.8) is 0 Å². The van der Waals surface area contributed by atoms with Gasteiger partial charge in [0.1, 0.15) is 12.4 Å². The summed E-state index contributed by atoms with van der Waals surface area (Å²) in [7, 11) is 0. The van der Waals surface area contributed by atoms with Crippen molar-refractivity contribution in [2.24, 2.45) is 0 Å². The van der Waals surface area contributed by atoms with E-state index in [1.807, 2.05) is 6.07 Å². The van der Waals surface area contributed by atoms with Crippen LogP contribution < -0.4 is 5.43 Å². The second-order valence-corrected chi connectivity index (χ2v) is 5.20. The first kappa shape index (κ1) is 14.3. The van der Waals surface area contributed by atoms with Gasteiger partial charge in [-0.1, -0.05) is 17.3 Å². The summed E-state index contributed by atoms with van der Waals surface area (Å²) in [6.07, 6.45) is 1.26. The number of fused-ring (bicyclic) bond motifs is 1. The maximum Gasteiger partial charge on any atom is 0.248 e. The quantitative estimate of drug-likeness (QED) is 0.580. The van der Waals surface area contributed by atoms with Crippen LogP contribution in [0.2, 0.25) is 0 Å². The predicted molar refractivity (Wildman–Crippen MR) is 84.8 cm³/mol. The van der Waals surface area contributed by atoms with Gasteiger partial charge in [0.05, 0.1) is 11.7 Å². The molecule has 0 N–H and O–H groups in total. The molecule has 0 aliphatic carbocycles. The molecule has 0 radical (unpaired) electrons. The number of nitrogens with zero attached hydrogens (tertiary/aromatic N) is 4. The van der Waals surface area contributed by atoms with E-state index < -0.39 is 0 Å². The molecule has 2 heterocycles. The highest BCUT2D eigenvalue weighted by molar-refractivity contribution is 5.77. The van der Waals surface area contributed by atoms with Crippen LogP contribution in [-0.4, -0.2) is 19.9 Å². The first-order valence-corrected chi connectivity index (χ1v) is 7.24. The fourth-order valence-corrected chi connectivity index (χ4v) is 2.45. The molecule has 2 aromatic heterocycles. The molecule has 2 aromatic carbocycles. The number of aromatic nitrogens is 4. The Labute approximate surface area is 135 Å². The summed E-state index contributed by atoms with van der Waals surface area (Å²) < 4.78 is 19.8. The maximum atomic E-state index is 13.0. The lowest BCUT2D eigenvalue weighted by molar-refractivity contribution is 0.367. The summed E-state index contributed by atoms with van der Waals surface area (Å²) in [6.45, 7) is 0.231. The predicted octanol–water partition coefficient (Wildman–Crippen LogP) is 2.63. The molecule has 7 heteroatoms. The van der Waals surface area contributed by atoms with Gasteiger partial charge >= 0.3 is 0 Å². The van der Waals surface area contributed by atoms with E-state index in [0.29, 0.717) is 28.2 Å². The first-order chi connectivity index (χ1) is 11.7. The molecule has 24 heavy (non-hydrogen) atoms. The Morgan fingerprint density at radius 1 is 1.08 bits per heavy atom. The van der Waals surface area contributed by atoms with Crippen LogP contribution in [0.15, 0.2) is 64.0 Å². The molecule has 0 amide bonds. The van der Waals surface area contributed by atoms with Gasteiger partial charge < -0.3 is 4.52 Å². The molecule has 0 fully saturated rings. The lowest BCUT2D eigenvalue weighted by Crippen LogP contribution is -2.13. The summed E-state index contributed by atoms with van der Waals surface area (Å²) in [5.74, 6) is 0.386. The molecule has 0 atom stereocenters. The van der Waals surface area contributed by atoms with Crippen LogP contribution in [0.5, 0.6) is 0 Å². The summed E-state index contributed by atoms with van der Waals surface area (Å²) in [6, 6.07) is 13.0. The first-order valence-electron chi connectivity index (χ1n) is 7.24. The Morgan fingerprint density at radius 2 is 1.88 bits per heavy atom. The van der Waals surface area contributed by atoms with Crippen molar-refractivity contribution >= 4 is 10.9 Å². The molecule has 0 saturated heterocycles. The van der Waals surface area contributed by atoms with E-state index in [-0.39, 0.29) is 17.8 Å². The summed E-state index contributed by atoms with van der Waals surface area (Å²) in [5, 5.41) is 8.60. The number of hydrogen-bond acceptors (Lipinski definition) is 5. The minimum atomic E-state index is -0.327. The molecule has 0 aliphatic heterocycles. The van der Waals surface area contributed by atoms with E-state index in [4.69, 9.17) is 4.52 Å². The number of rotatable bonds is 3. The van der Waals surface area contributed by atoms with Crippen LogP contribution in [0.25, 0.3) is 22.3 Å². The number of benzene rings is 2. The summed E-state index contributed by atoms with van der Waals surface area (Å²) in [4.78, 5) is 16.1. The van der Waals surface area contributed by atoms with Gasteiger partial charge in [-0.3, -0.25) is 9.48 Å². The number of hydrogen-bond donors (Lipinski definition) is 0. The maximum absolute atomic E-state index is 13.0. The highest BCUT2D eigenvalue weighted by atomic mass is 19.1. The SMILES string of the molecule is O=c1cnn(Cc2nc(-c3ccc(F)cc3)no2)c2ccccc12. The third kappa shape index (κ3) is 2.56. The minimum absolute atomic E-state index is 0.139. The second-order valence-electron chi connectivity index (χ2n) is 5.20. The average molecular weight is 322 g/mol. The number of para-hydroxylation sites is 1. The van der Waals surface area contributed by atoms with Gasteiger partial charge in [-0.15, -0.1) is 0 Å². The van der Waals surface area contributed by atoms with Gasteiger partial charge in [-0.2, -0.15) is 10.1 Å². The molecule has 0 spiro atoms. The zero-order valence-corrected chi connectivity index (χ0v) is 12.4. The molecule has 0 aliphatic rings. The van der Waals surface area contributed by atoms with Crippen LogP contribution in [0.4, 0.5) is 4.39 Å². The monoisotopic (exact) mass is 322 g/mol. The molecule has 0 saturated carbocycles. The van der Waals surface area contributed by atoms with Gasteiger partial charge in [-0.25, -0.2) is 4.39 Å². The zero-order chi connectivity index (χ0) is 16.5. The molecule has 0 unspecified atom stereocenters. The summed E-state index contributed by atoms with van der Waals surface area (Å²) in [5.41, 5.74) is 1.20. The Bertz CT molecular complexity index is 1070. The topological polar surface area (TPSA) is 73.8 Å². The van der Waals surface area contributed by atoms with Crippen molar-refractivity contribution in [2.45, 2.75) is 6.54 Å². The van der Waals surface area contributed by atoms with E-state index in [1.54, 1.807) is 35.0 Å². The van der Waals surface area contributed by atoms with E-state index in [9.17, 15) is 9.18 Å². The fourth-order valence-electron chi connectivity index (χ4n) is 2.45. The largest absolute Gasteiger partial charge is 0.337 e. The van der Waals surface area contributed by atoms with Crippen molar-refractivity contribution in [1.82, 2.24) is 19.9 Å². The Kier molecular flexibility index (Phi) is 3.38. The Morgan fingerprint density at radius 3 is 2.71 bits per heavy atom. The highest BCUT2D eigenvalue weighted by Crippen LogP contribution is 2.17. The van der Waals surface area contributed by atoms with Crippen LogP contribution in [0.1, 0.15) is 5.89 Å². The summed E-state index contributed by atoms with van der Waals surface area (Å²) >= 11 is 0. The Hall–Kier alpha value is -3.35. The molecule has 4 rings (SSSR count). The molecule has 118 valence electrons. The van der Waals surface area contributed by atoms with E-state index >= 15 is 0 Å². The van der Waals surface area contributed by atoms with Crippen molar-refractivity contribution in [3.8, 4) is 11.4 Å². The third-order valence-corrected chi connectivity index (χ3v) is 3.62. The van der Waals surface area contributed by atoms with Gasteiger partial charge in [-0.05, 0) is 36.4 Å². The van der Waals surface area contributed by atoms with Crippen LogP contribution in [0, 0.1) is 5.82 Å². The van der Waals surface area contributed by atoms with Crippen molar-refractivity contribution in [3.05, 3.63) is 76.7 Å². The lowest BCUT2D eigenvalue weighted by atomic mass is 10.2. The highest BCUT2D eigenvalue weighted by Gasteiger charge is 2.11. The van der Waals surface area contributed by atoms with Crippen molar-refractivity contribution < 1.29 is 8.91 Å². The zero-order valence-electron chi connectivity index (χ0n) is 12.4. The van der Waals surface area contributed by atoms with Gasteiger partial charge in [0.25, 0.3) is 0 Å². The second kappa shape index (κ2) is 5.69. The van der Waals surface area contributed by atoms with Gasteiger partial charge in [0, 0.05) is 10.9 Å². The van der Waals surface area contributed by atoms with E-state index in [1.165, 1.54) is 18.3 Å². The van der Waals surface area contributed by atoms with E-state index in [0.717, 1.165) is 0 Å². The number of halogens is 1. The lowest BCUT2D eigenvalue weighted by Gasteiger charge is -2.05. The molecule has 6 nitrogen and oxygen atoms in total. The fraction of sp³-hybridized carbons (Fsp3) is 0.0588. The third-order valence-electron chi connectivity index (χ3n) is 3.62. The minimum Gasteiger partial charge on any atom is -0.337 e. The molecule has 0 bridgehead atoms. The average Bonchev–Trinajstić information content (AvgIpc) is 3.07. The standard InChI is InChI=1S/C17H11FN4O2/c18-12-7-5-11(6-8-12)17-20-16(24-21-17)10-22-14-4-2-1-3-13(14)15(23)9-19-22/h1-9H,10H2. The van der Waals surface area contributed by atoms with Crippen LogP contribution >= 0.6 is 0 Å². The van der Waals surface area contributed by atoms with Crippen LogP contribution in [0.3, 0.4) is 0 Å². The van der Waals surface area contributed by atoms with Crippen molar-refractivity contribution in [2.75, 3.05) is 0 Å². The molecular weight excluding hydrogens is 311 g/mol. The Balaban J connectivity index is 1.69. The normalized spacial score (nSPS) is 11.0. The molecular formula is C17H11FN4O2. The molecule has 4 aromatic rings. The van der Waals surface area contributed by atoms with E-state index in [2.05, 4.69) is 15.2 Å².